The van der Waals surface area contributed by atoms with E-state index in [2.05, 4.69) is 34.6 Å². The molecule has 0 N–H and O–H groups in total. The van der Waals surface area contributed by atoms with E-state index in [0.29, 0.717) is 6.10 Å². The minimum absolute atomic E-state index is 0.280. The second kappa shape index (κ2) is 3.21. The fourth-order valence-corrected chi connectivity index (χ4v) is 1.42. The van der Waals surface area contributed by atoms with Crippen molar-refractivity contribution in [3.8, 4) is 0 Å². The van der Waals surface area contributed by atoms with Gasteiger partial charge < -0.3 is 4.74 Å². The lowest BCUT2D eigenvalue weighted by atomic mass is 9.83. The molecule has 70 valence electrons. The van der Waals surface area contributed by atoms with Crippen LogP contribution in [0.4, 0.5) is 0 Å². The van der Waals surface area contributed by atoms with E-state index in [1.165, 1.54) is 11.1 Å². The van der Waals surface area contributed by atoms with Crippen LogP contribution in [-0.2, 0) is 4.74 Å². The zero-order chi connectivity index (χ0) is 9.35. The number of ether oxygens (including phenoxy) is 1. The smallest absolute Gasteiger partial charge is 0.0680 e. The maximum Gasteiger partial charge on any atom is 0.0680 e. The molecular formula is C11H20O. The maximum absolute atomic E-state index is 5.77. The third-order valence-corrected chi connectivity index (χ3v) is 2.69. The molecule has 1 rings (SSSR count). The van der Waals surface area contributed by atoms with Crippen molar-refractivity contribution in [1.29, 1.82) is 0 Å². The molecule has 0 spiro atoms. The average molecular weight is 168 g/mol. The topological polar surface area (TPSA) is 9.23 Å². The molecule has 1 aliphatic heterocycles. The fourth-order valence-electron chi connectivity index (χ4n) is 1.42. The van der Waals surface area contributed by atoms with Gasteiger partial charge >= 0.3 is 0 Å². The lowest BCUT2D eigenvalue weighted by molar-refractivity contribution is -0.0148. The number of hydrogen-bond acceptors (Lipinski definition) is 1. The Hall–Kier alpha value is -0.300. The fraction of sp³-hybridized carbons (Fsp3) is 0.818. The van der Waals surface area contributed by atoms with Gasteiger partial charge in [-0.3, -0.25) is 0 Å². The van der Waals surface area contributed by atoms with Crippen molar-refractivity contribution in [2.45, 2.75) is 47.1 Å². The van der Waals surface area contributed by atoms with Gasteiger partial charge in [-0.1, -0.05) is 26.3 Å². The van der Waals surface area contributed by atoms with Crippen molar-refractivity contribution in [3.05, 3.63) is 11.1 Å². The van der Waals surface area contributed by atoms with Crippen LogP contribution in [0.25, 0.3) is 0 Å². The second-order valence-electron chi connectivity index (χ2n) is 4.93. The zero-order valence-electron chi connectivity index (χ0n) is 8.90. The van der Waals surface area contributed by atoms with Crippen molar-refractivity contribution in [2.24, 2.45) is 5.41 Å². The molecule has 1 heteroatoms. The van der Waals surface area contributed by atoms with Gasteiger partial charge in [0.1, 0.15) is 0 Å². The van der Waals surface area contributed by atoms with E-state index in [1.807, 2.05) is 0 Å². The molecule has 1 aliphatic rings. The van der Waals surface area contributed by atoms with Gasteiger partial charge in [0.05, 0.1) is 12.7 Å². The molecule has 0 saturated carbocycles. The Bertz CT molecular complexity index is 196. The number of hydrogen-bond donors (Lipinski definition) is 0. The molecule has 0 radical (unpaired) electrons. The predicted molar refractivity (Wildman–Crippen MR) is 52.2 cm³/mol. The molecular weight excluding hydrogens is 148 g/mol. The summed E-state index contributed by atoms with van der Waals surface area (Å²) in [5.41, 5.74) is 3.21. The van der Waals surface area contributed by atoms with Gasteiger partial charge in [0.15, 0.2) is 0 Å². The van der Waals surface area contributed by atoms with Crippen LogP contribution < -0.4 is 0 Å². The molecule has 0 aliphatic carbocycles. The van der Waals surface area contributed by atoms with E-state index in [-0.39, 0.29) is 5.41 Å². The molecule has 0 aromatic rings. The van der Waals surface area contributed by atoms with Crippen molar-refractivity contribution in [1.82, 2.24) is 0 Å². The van der Waals surface area contributed by atoms with Crippen LogP contribution in [0.2, 0.25) is 0 Å². The summed E-state index contributed by atoms with van der Waals surface area (Å²) in [6, 6.07) is 0. The van der Waals surface area contributed by atoms with Crippen LogP contribution in [0.3, 0.4) is 0 Å². The first kappa shape index (κ1) is 9.79. The maximum atomic E-state index is 5.77. The van der Waals surface area contributed by atoms with Crippen molar-refractivity contribution in [3.63, 3.8) is 0 Å². The summed E-state index contributed by atoms with van der Waals surface area (Å²) in [6.07, 6.45) is 1.51. The van der Waals surface area contributed by atoms with Gasteiger partial charge in [-0.25, -0.2) is 0 Å². The predicted octanol–water partition coefficient (Wildman–Crippen LogP) is 3.16. The molecule has 0 fully saturated rings. The highest BCUT2D eigenvalue weighted by molar-refractivity contribution is 5.14. The van der Waals surface area contributed by atoms with Gasteiger partial charge in [0.2, 0.25) is 0 Å². The summed E-state index contributed by atoms with van der Waals surface area (Å²) in [5.74, 6) is 0. The van der Waals surface area contributed by atoms with Gasteiger partial charge in [0.25, 0.3) is 0 Å². The van der Waals surface area contributed by atoms with Gasteiger partial charge in [0, 0.05) is 0 Å². The Morgan fingerprint density at radius 1 is 1.17 bits per heavy atom. The molecule has 1 atom stereocenters. The van der Waals surface area contributed by atoms with Gasteiger partial charge in [-0.05, 0) is 31.3 Å². The monoisotopic (exact) mass is 168 g/mol. The molecule has 0 aromatic heterocycles. The molecule has 0 amide bonds. The lowest BCUT2D eigenvalue weighted by Crippen LogP contribution is -2.33. The first-order valence-electron chi connectivity index (χ1n) is 4.68. The van der Waals surface area contributed by atoms with E-state index in [0.717, 1.165) is 13.0 Å². The zero-order valence-corrected chi connectivity index (χ0v) is 8.90. The van der Waals surface area contributed by atoms with Crippen LogP contribution in [0, 0.1) is 5.41 Å². The largest absolute Gasteiger partial charge is 0.373 e. The molecule has 0 saturated heterocycles. The van der Waals surface area contributed by atoms with Crippen LogP contribution >= 0.6 is 0 Å². The van der Waals surface area contributed by atoms with Crippen LogP contribution in [0.15, 0.2) is 11.1 Å². The highest BCUT2D eigenvalue weighted by atomic mass is 16.5. The highest BCUT2D eigenvalue weighted by Gasteiger charge is 2.28. The molecule has 0 bridgehead atoms. The van der Waals surface area contributed by atoms with E-state index >= 15 is 0 Å². The summed E-state index contributed by atoms with van der Waals surface area (Å²) in [7, 11) is 0. The first-order valence-corrected chi connectivity index (χ1v) is 4.68. The number of rotatable bonds is 0. The Kier molecular flexibility index (Phi) is 2.62. The standard InChI is InChI=1S/C11H20O/c1-8-6-10(11(3,4)5)12-7-9(8)2/h10H,6-7H2,1-5H3. The van der Waals surface area contributed by atoms with Crippen molar-refractivity contribution in [2.75, 3.05) is 6.61 Å². The normalized spacial score (nSPS) is 26.2. The summed E-state index contributed by atoms with van der Waals surface area (Å²) < 4.78 is 5.77. The van der Waals surface area contributed by atoms with Gasteiger partial charge in [-0.15, -0.1) is 0 Å². The van der Waals surface area contributed by atoms with Crippen molar-refractivity contribution >= 4 is 0 Å². The third-order valence-electron chi connectivity index (χ3n) is 2.69. The van der Waals surface area contributed by atoms with E-state index in [1.54, 1.807) is 0 Å². The summed E-state index contributed by atoms with van der Waals surface area (Å²) in [4.78, 5) is 0. The molecule has 1 nitrogen and oxygen atoms in total. The lowest BCUT2D eigenvalue weighted by Gasteiger charge is -2.34. The Balaban J connectivity index is 2.67. The summed E-state index contributed by atoms with van der Waals surface area (Å²) in [5, 5.41) is 0. The highest BCUT2D eigenvalue weighted by Crippen LogP contribution is 2.31. The van der Waals surface area contributed by atoms with Gasteiger partial charge in [-0.2, -0.15) is 0 Å². The Labute approximate surface area is 75.8 Å². The summed E-state index contributed by atoms with van der Waals surface area (Å²) >= 11 is 0. The third kappa shape index (κ3) is 2.10. The first-order chi connectivity index (χ1) is 5.41. The average Bonchev–Trinajstić information content (AvgIpc) is 1.92. The molecule has 0 aromatic carbocycles. The van der Waals surface area contributed by atoms with Crippen LogP contribution in [-0.4, -0.2) is 12.7 Å². The van der Waals surface area contributed by atoms with Crippen molar-refractivity contribution < 1.29 is 4.74 Å². The Morgan fingerprint density at radius 3 is 2.17 bits per heavy atom. The molecule has 1 heterocycles. The molecule has 1 unspecified atom stereocenters. The van der Waals surface area contributed by atoms with E-state index in [4.69, 9.17) is 4.74 Å². The minimum Gasteiger partial charge on any atom is -0.373 e. The second-order valence-corrected chi connectivity index (χ2v) is 4.93. The van der Waals surface area contributed by atoms with Crippen LogP contribution in [0.5, 0.6) is 0 Å². The summed E-state index contributed by atoms with van der Waals surface area (Å²) in [6.45, 7) is 11.9. The van der Waals surface area contributed by atoms with E-state index < -0.39 is 0 Å². The quantitative estimate of drug-likeness (QED) is 0.505. The Morgan fingerprint density at radius 2 is 1.75 bits per heavy atom. The SMILES string of the molecule is CC1=C(C)CC(C(C)(C)C)OC1. The minimum atomic E-state index is 0.280. The van der Waals surface area contributed by atoms with Crippen LogP contribution in [0.1, 0.15) is 41.0 Å². The molecule has 12 heavy (non-hydrogen) atoms. The van der Waals surface area contributed by atoms with E-state index in [9.17, 15) is 0 Å².